The number of rotatable bonds is 5. The van der Waals surface area contributed by atoms with Gasteiger partial charge in [-0.15, -0.1) is 0 Å². The number of ether oxygens (including phenoxy) is 1. The van der Waals surface area contributed by atoms with Crippen molar-refractivity contribution in [2.75, 3.05) is 0 Å². The summed E-state index contributed by atoms with van der Waals surface area (Å²) in [6.07, 6.45) is 5.88. The maximum Gasteiger partial charge on any atom is 0.312 e. The minimum Gasteiger partial charge on any atom is -0.481 e. The molecule has 16 heavy (non-hydrogen) atoms. The lowest BCUT2D eigenvalue weighted by atomic mass is 9.70. The Bertz CT molecular complexity index is 274. The van der Waals surface area contributed by atoms with E-state index in [0.29, 0.717) is 5.92 Å². The summed E-state index contributed by atoms with van der Waals surface area (Å²) in [5.74, 6) is 0.0220. The van der Waals surface area contributed by atoms with Gasteiger partial charge in [-0.2, -0.15) is 0 Å². The summed E-state index contributed by atoms with van der Waals surface area (Å²) in [6.45, 7) is 4.37. The number of fused-ring (bicyclic) bond motifs is 2. The van der Waals surface area contributed by atoms with E-state index in [9.17, 15) is 9.90 Å². The van der Waals surface area contributed by atoms with Gasteiger partial charge in [-0.05, 0) is 31.6 Å². The van der Waals surface area contributed by atoms with Crippen molar-refractivity contribution < 1.29 is 14.6 Å². The summed E-state index contributed by atoms with van der Waals surface area (Å²) in [6, 6.07) is 0. The summed E-state index contributed by atoms with van der Waals surface area (Å²) < 4.78 is 5.73. The molecule has 0 saturated carbocycles. The lowest BCUT2D eigenvalue weighted by Crippen LogP contribution is -2.40. The number of aliphatic carboxylic acids is 1. The molecule has 0 aromatic rings. The lowest BCUT2D eigenvalue weighted by Gasteiger charge is -2.31. The zero-order valence-electron chi connectivity index (χ0n) is 10.2. The summed E-state index contributed by atoms with van der Waals surface area (Å²) in [7, 11) is 0. The molecule has 2 rings (SSSR count). The Morgan fingerprint density at radius 1 is 1.50 bits per heavy atom. The summed E-state index contributed by atoms with van der Waals surface area (Å²) >= 11 is 0. The van der Waals surface area contributed by atoms with Crippen molar-refractivity contribution in [3.63, 3.8) is 0 Å². The summed E-state index contributed by atoms with van der Waals surface area (Å²) in [5.41, 5.74) is -0.558. The van der Waals surface area contributed by atoms with Gasteiger partial charge in [0.2, 0.25) is 0 Å². The van der Waals surface area contributed by atoms with Crippen molar-refractivity contribution in [2.24, 2.45) is 11.3 Å². The van der Waals surface area contributed by atoms with Gasteiger partial charge in [0, 0.05) is 0 Å². The van der Waals surface area contributed by atoms with Crippen LogP contribution in [0.15, 0.2) is 0 Å². The predicted octanol–water partition coefficient (Wildman–Crippen LogP) is 2.84. The van der Waals surface area contributed by atoms with Crippen LogP contribution in [0.5, 0.6) is 0 Å². The Morgan fingerprint density at radius 3 is 2.69 bits per heavy atom. The Kier molecular flexibility index (Phi) is 3.24. The Morgan fingerprint density at radius 2 is 2.25 bits per heavy atom. The molecule has 92 valence electrons. The molecule has 3 unspecified atom stereocenters. The Hall–Kier alpha value is -0.570. The molecule has 3 atom stereocenters. The van der Waals surface area contributed by atoms with Gasteiger partial charge in [0.1, 0.15) is 0 Å². The molecule has 3 nitrogen and oxygen atoms in total. The van der Waals surface area contributed by atoms with E-state index < -0.39 is 11.4 Å². The smallest absolute Gasteiger partial charge is 0.312 e. The van der Waals surface area contributed by atoms with E-state index in [-0.39, 0.29) is 12.2 Å². The standard InChI is InChI=1S/C13H22O3/c1-9(2)4-3-7-13(12(14)15)8-10-5-6-11(13)16-10/h9-11H,3-8H2,1-2H3,(H,14,15). The first kappa shape index (κ1) is 11.9. The quantitative estimate of drug-likeness (QED) is 0.784. The van der Waals surface area contributed by atoms with Crippen LogP contribution in [0.25, 0.3) is 0 Å². The van der Waals surface area contributed by atoms with Gasteiger partial charge in [-0.1, -0.05) is 26.7 Å². The highest BCUT2D eigenvalue weighted by molar-refractivity contribution is 5.76. The van der Waals surface area contributed by atoms with Crippen molar-refractivity contribution >= 4 is 5.97 Å². The fourth-order valence-corrected chi connectivity index (χ4v) is 3.22. The van der Waals surface area contributed by atoms with Crippen molar-refractivity contribution in [3.05, 3.63) is 0 Å². The first-order valence-corrected chi connectivity index (χ1v) is 6.43. The number of hydrogen-bond acceptors (Lipinski definition) is 2. The largest absolute Gasteiger partial charge is 0.481 e. The normalized spacial score (nSPS) is 37.2. The second-order valence-electron chi connectivity index (χ2n) is 5.78. The van der Waals surface area contributed by atoms with Gasteiger partial charge in [-0.3, -0.25) is 4.79 Å². The number of hydrogen-bond donors (Lipinski definition) is 1. The molecule has 2 bridgehead atoms. The molecular formula is C13H22O3. The second-order valence-corrected chi connectivity index (χ2v) is 5.78. The summed E-state index contributed by atoms with van der Waals surface area (Å²) in [5, 5.41) is 9.47. The van der Waals surface area contributed by atoms with Gasteiger partial charge < -0.3 is 9.84 Å². The van der Waals surface area contributed by atoms with Crippen LogP contribution in [-0.4, -0.2) is 23.3 Å². The third-order valence-electron chi connectivity index (χ3n) is 4.15. The first-order chi connectivity index (χ1) is 7.54. The highest BCUT2D eigenvalue weighted by Crippen LogP contribution is 2.50. The van der Waals surface area contributed by atoms with E-state index in [0.717, 1.165) is 38.5 Å². The van der Waals surface area contributed by atoms with Crippen LogP contribution < -0.4 is 0 Å². The fourth-order valence-electron chi connectivity index (χ4n) is 3.22. The molecule has 0 amide bonds. The van der Waals surface area contributed by atoms with Crippen LogP contribution in [0.4, 0.5) is 0 Å². The maximum atomic E-state index is 11.5. The first-order valence-electron chi connectivity index (χ1n) is 6.43. The van der Waals surface area contributed by atoms with E-state index in [1.165, 1.54) is 0 Å². The molecule has 1 N–H and O–H groups in total. The monoisotopic (exact) mass is 226 g/mol. The number of carboxylic acids is 1. The maximum absolute atomic E-state index is 11.5. The van der Waals surface area contributed by atoms with E-state index in [2.05, 4.69) is 13.8 Å². The van der Waals surface area contributed by atoms with Crippen LogP contribution in [0, 0.1) is 11.3 Å². The highest BCUT2D eigenvalue weighted by atomic mass is 16.5. The molecule has 0 aromatic heterocycles. The molecule has 3 heteroatoms. The molecule has 0 aliphatic carbocycles. The van der Waals surface area contributed by atoms with Gasteiger partial charge in [-0.25, -0.2) is 0 Å². The average Bonchev–Trinajstić information content (AvgIpc) is 2.76. The van der Waals surface area contributed by atoms with Crippen LogP contribution in [0.3, 0.4) is 0 Å². The zero-order valence-corrected chi connectivity index (χ0v) is 10.2. The predicted molar refractivity (Wildman–Crippen MR) is 61.3 cm³/mol. The van der Waals surface area contributed by atoms with Crippen molar-refractivity contribution in [1.82, 2.24) is 0 Å². The minimum atomic E-state index is -0.636. The topological polar surface area (TPSA) is 46.5 Å². The molecule has 0 aromatic carbocycles. The van der Waals surface area contributed by atoms with Crippen LogP contribution in [0.2, 0.25) is 0 Å². The Balaban J connectivity index is 1.98. The van der Waals surface area contributed by atoms with Crippen LogP contribution in [0.1, 0.15) is 52.4 Å². The third kappa shape index (κ3) is 1.97. The SMILES string of the molecule is CC(C)CCCC1(C(=O)O)CC2CCC1O2. The van der Waals surface area contributed by atoms with Gasteiger partial charge in [0.15, 0.2) is 0 Å². The lowest BCUT2D eigenvalue weighted by molar-refractivity contribution is -0.153. The van der Waals surface area contributed by atoms with Gasteiger partial charge in [0.05, 0.1) is 17.6 Å². The van der Waals surface area contributed by atoms with Gasteiger partial charge >= 0.3 is 5.97 Å². The average molecular weight is 226 g/mol. The van der Waals surface area contributed by atoms with Gasteiger partial charge in [0.25, 0.3) is 0 Å². The molecule has 2 aliphatic heterocycles. The van der Waals surface area contributed by atoms with Crippen LogP contribution >= 0.6 is 0 Å². The summed E-state index contributed by atoms with van der Waals surface area (Å²) in [4.78, 5) is 11.5. The molecule has 2 fully saturated rings. The molecule has 2 heterocycles. The van der Waals surface area contributed by atoms with E-state index in [1.807, 2.05) is 0 Å². The number of carbonyl (C=O) groups is 1. The highest BCUT2D eigenvalue weighted by Gasteiger charge is 2.56. The van der Waals surface area contributed by atoms with Crippen molar-refractivity contribution in [3.8, 4) is 0 Å². The number of carboxylic acid groups (broad SMARTS) is 1. The molecule has 2 saturated heterocycles. The minimum absolute atomic E-state index is 0.0119. The third-order valence-corrected chi connectivity index (χ3v) is 4.15. The van der Waals surface area contributed by atoms with E-state index in [1.54, 1.807) is 0 Å². The fraction of sp³-hybridized carbons (Fsp3) is 0.923. The van der Waals surface area contributed by atoms with E-state index in [4.69, 9.17) is 4.74 Å². The van der Waals surface area contributed by atoms with Crippen LogP contribution in [-0.2, 0) is 9.53 Å². The molecule has 0 spiro atoms. The molecular weight excluding hydrogens is 204 g/mol. The Labute approximate surface area is 97.2 Å². The molecule has 0 radical (unpaired) electrons. The van der Waals surface area contributed by atoms with Crippen molar-refractivity contribution in [1.29, 1.82) is 0 Å². The van der Waals surface area contributed by atoms with Crippen molar-refractivity contribution in [2.45, 2.75) is 64.6 Å². The zero-order chi connectivity index (χ0) is 11.8. The van der Waals surface area contributed by atoms with E-state index >= 15 is 0 Å². The second kappa shape index (κ2) is 4.36. The molecule has 2 aliphatic rings.